The van der Waals surface area contributed by atoms with Crippen molar-refractivity contribution in [1.29, 1.82) is 0 Å². The van der Waals surface area contributed by atoms with E-state index in [1.165, 1.54) is 27.1 Å². The Labute approximate surface area is 225 Å². The zero-order chi connectivity index (χ0) is 25.9. The van der Waals surface area contributed by atoms with Gasteiger partial charge in [0, 0.05) is 33.2 Å². The number of rotatable bonds is 3. The topological polar surface area (TPSA) is 35.6 Å². The van der Waals surface area contributed by atoms with Crippen molar-refractivity contribution in [2.45, 2.75) is 6.92 Å². The Morgan fingerprint density at radius 2 is 0.795 bits per heavy atom. The summed E-state index contributed by atoms with van der Waals surface area (Å²) in [4.78, 5) is 10.4. The highest BCUT2D eigenvalue weighted by molar-refractivity contribution is 6.10. The van der Waals surface area contributed by atoms with Crippen molar-refractivity contribution >= 4 is 43.6 Å². The van der Waals surface area contributed by atoms with Gasteiger partial charge in [-0.1, -0.05) is 103 Å². The number of nitrogens with zero attached hydrogens (tertiary/aromatic N) is 4. The number of benzene rings is 5. The Morgan fingerprint density at radius 1 is 0.436 bits per heavy atom. The molecule has 4 nitrogen and oxygen atoms in total. The minimum absolute atomic E-state index is 0.700. The number of aryl methyl sites for hydroxylation is 1. The fraction of sp³-hybridized carbons (Fsp3) is 0.0286. The quantitative estimate of drug-likeness (QED) is 0.243. The van der Waals surface area contributed by atoms with Gasteiger partial charge < -0.3 is 0 Å². The normalized spacial score (nSPS) is 11.7. The third-order valence-electron chi connectivity index (χ3n) is 7.63. The molecule has 0 radical (unpaired) electrons. The van der Waals surface area contributed by atoms with Crippen LogP contribution < -0.4 is 0 Å². The zero-order valence-corrected chi connectivity index (χ0v) is 21.4. The predicted molar refractivity (Wildman–Crippen MR) is 161 cm³/mol. The van der Waals surface area contributed by atoms with Crippen LogP contribution in [0.5, 0.6) is 0 Å². The van der Waals surface area contributed by atoms with Gasteiger partial charge in [0.05, 0.1) is 22.1 Å². The van der Waals surface area contributed by atoms with E-state index in [1.807, 2.05) is 0 Å². The molecule has 8 rings (SSSR count). The monoisotopic (exact) mass is 500 g/mol. The fourth-order valence-electron chi connectivity index (χ4n) is 5.82. The van der Waals surface area contributed by atoms with Crippen molar-refractivity contribution < 1.29 is 0 Å². The number of aromatic nitrogens is 4. The SMILES string of the molecule is Cc1ccc(-c2nc(-n3c4ccccc4c4ccccc43)cc(-n3c4ccccc4c4ccccc43)n2)cc1. The first kappa shape index (κ1) is 21.8. The van der Waals surface area contributed by atoms with Gasteiger partial charge in [-0.3, -0.25) is 9.13 Å². The minimum Gasteiger partial charge on any atom is -0.294 e. The molecule has 0 fully saturated rings. The van der Waals surface area contributed by atoms with E-state index in [0.717, 1.165) is 39.3 Å². The Kier molecular flexibility index (Phi) is 4.70. The van der Waals surface area contributed by atoms with E-state index in [0.29, 0.717) is 5.82 Å². The molecule has 0 N–H and O–H groups in total. The van der Waals surface area contributed by atoms with E-state index >= 15 is 0 Å². The van der Waals surface area contributed by atoms with Gasteiger partial charge in [-0.2, -0.15) is 0 Å². The molecule has 0 amide bonds. The van der Waals surface area contributed by atoms with Crippen LogP contribution in [0.1, 0.15) is 5.56 Å². The molecule has 0 atom stereocenters. The van der Waals surface area contributed by atoms with E-state index in [-0.39, 0.29) is 0 Å². The third-order valence-corrected chi connectivity index (χ3v) is 7.63. The van der Waals surface area contributed by atoms with E-state index in [9.17, 15) is 0 Å². The average molecular weight is 501 g/mol. The Balaban J connectivity index is 1.50. The highest BCUT2D eigenvalue weighted by Gasteiger charge is 2.18. The molecule has 0 aliphatic heterocycles. The van der Waals surface area contributed by atoms with Crippen LogP contribution in [0.4, 0.5) is 0 Å². The second-order valence-electron chi connectivity index (χ2n) is 10.0. The highest BCUT2D eigenvalue weighted by Crippen LogP contribution is 2.35. The Hall–Kier alpha value is -5.22. The lowest BCUT2D eigenvalue weighted by molar-refractivity contribution is 0.994. The van der Waals surface area contributed by atoms with Crippen LogP contribution in [-0.2, 0) is 0 Å². The molecule has 3 heterocycles. The van der Waals surface area contributed by atoms with Gasteiger partial charge in [0.1, 0.15) is 11.6 Å². The first-order valence-corrected chi connectivity index (χ1v) is 13.2. The summed E-state index contributed by atoms with van der Waals surface area (Å²) in [6, 6.07) is 44.7. The van der Waals surface area contributed by atoms with Crippen LogP contribution in [0.3, 0.4) is 0 Å². The average Bonchev–Trinajstić information content (AvgIpc) is 3.51. The summed E-state index contributed by atoms with van der Waals surface area (Å²) in [7, 11) is 0. The molecule has 3 aromatic heterocycles. The summed E-state index contributed by atoms with van der Waals surface area (Å²) < 4.78 is 4.53. The first-order chi connectivity index (χ1) is 19.3. The summed E-state index contributed by atoms with van der Waals surface area (Å²) in [6.45, 7) is 2.10. The van der Waals surface area contributed by atoms with E-state index in [2.05, 4.69) is 143 Å². The molecular weight excluding hydrogens is 476 g/mol. The van der Waals surface area contributed by atoms with Crippen LogP contribution in [0.25, 0.3) is 66.6 Å². The summed E-state index contributed by atoms with van der Waals surface area (Å²) in [5.41, 5.74) is 6.70. The fourth-order valence-corrected chi connectivity index (χ4v) is 5.82. The van der Waals surface area contributed by atoms with Gasteiger partial charge in [-0.05, 0) is 31.2 Å². The number of hydrogen-bond donors (Lipinski definition) is 0. The molecule has 5 aromatic carbocycles. The maximum atomic E-state index is 5.18. The molecule has 8 aromatic rings. The van der Waals surface area contributed by atoms with Gasteiger partial charge in [0.25, 0.3) is 0 Å². The standard InChI is InChI=1S/C35H24N4/c1-23-18-20-24(21-19-23)35-36-33(38-29-14-6-2-10-25(29)26-11-3-7-15-30(26)38)22-34(37-35)39-31-16-8-4-12-27(31)28-13-5-9-17-32(28)39/h2-22H,1H3. The van der Waals surface area contributed by atoms with Crippen LogP contribution in [-0.4, -0.2) is 19.1 Å². The summed E-state index contributed by atoms with van der Waals surface area (Å²) >= 11 is 0. The zero-order valence-electron chi connectivity index (χ0n) is 21.4. The van der Waals surface area contributed by atoms with E-state index < -0.39 is 0 Å². The predicted octanol–water partition coefficient (Wildman–Crippen LogP) is 8.65. The third kappa shape index (κ3) is 3.32. The molecule has 0 bridgehead atoms. The van der Waals surface area contributed by atoms with Crippen LogP contribution in [0.2, 0.25) is 0 Å². The first-order valence-electron chi connectivity index (χ1n) is 13.2. The number of fused-ring (bicyclic) bond motifs is 6. The van der Waals surface area contributed by atoms with Crippen molar-refractivity contribution in [3.63, 3.8) is 0 Å². The molecule has 4 heteroatoms. The summed E-state index contributed by atoms with van der Waals surface area (Å²) in [5.74, 6) is 2.39. The minimum atomic E-state index is 0.700. The molecule has 0 aliphatic carbocycles. The molecule has 0 unspecified atom stereocenters. The molecule has 0 spiro atoms. The maximum Gasteiger partial charge on any atom is 0.163 e. The molecule has 39 heavy (non-hydrogen) atoms. The van der Waals surface area contributed by atoms with Crippen LogP contribution in [0.15, 0.2) is 127 Å². The number of para-hydroxylation sites is 4. The second kappa shape index (κ2) is 8.40. The van der Waals surface area contributed by atoms with Gasteiger partial charge in [-0.15, -0.1) is 0 Å². The largest absolute Gasteiger partial charge is 0.294 e. The lowest BCUT2D eigenvalue weighted by Crippen LogP contribution is -2.06. The number of hydrogen-bond acceptors (Lipinski definition) is 2. The second-order valence-corrected chi connectivity index (χ2v) is 10.0. The summed E-state index contributed by atoms with van der Waals surface area (Å²) in [5, 5.41) is 4.84. The van der Waals surface area contributed by atoms with Crippen molar-refractivity contribution in [3.05, 3.63) is 133 Å². The van der Waals surface area contributed by atoms with E-state index in [4.69, 9.17) is 9.97 Å². The highest BCUT2D eigenvalue weighted by atomic mass is 15.1. The molecule has 0 saturated carbocycles. The van der Waals surface area contributed by atoms with Crippen molar-refractivity contribution in [3.8, 4) is 23.0 Å². The van der Waals surface area contributed by atoms with Gasteiger partial charge >= 0.3 is 0 Å². The lowest BCUT2D eigenvalue weighted by Gasteiger charge is -2.14. The molecule has 184 valence electrons. The molecular formula is C35H24N4. The van der Waals surface area contributed by atoms with Crippen molar-refractivity contribution in [2.75, 3.05) is 0 Å². The Bertz CT molecular complexity index is 1940. The van der Waals surface area contributed by atoms with Crippen molar-refractivity contribution in [2.24, 2.45) is 0 Å². The van der Waals surface area contributed by atoms with Crippen LogP contribution in [0, 0.1) is 6.92 Å². The Morgan fingerprint density at radius 3 is 1.18 bits per heavy atom. The summed E-state index contributed by atoms with van der Waals surface area (Å²) in [6.07, 6.45) is 0. The van der Waals surface area contributed by atoms with Crippen molar-refractivity contribution in [1.82, 2.24) is 19.1 Å². The maximum absolute atomic E-state index is 5.18. The van der Waals surface area contributed by atoms with Gasteiger partial charge in [-0.25, -0.2) is 9.97 Å². The molecule has 0 aliphatic rings. The van der Waals surface area contributed by atoms with E-state index in [1.54, 1.807) is 0 Å². The molecule has 0 saturated heterocycles. The smallest absolute Gasteiger partial charge is 0.163 e. The lowest BCUT2D eigenvalue weighted by atomic mass is 10.1. The van der Waals surface area contributed by atoms with Gasteiger partial charge in [0.2, 0.25) is 0 Å². The van der Waals surface area contributed by atoms with Crippen LogP contribution >= 0.6 is 0 Å². The van der Waals surface area contributed by atoms with Gasteiger partial charge in [0.15, 0.2) is 5.82 Å².